The van der Waals surface area contributed by atoms with E-state index in [1.54, 1.807) is 0 Å². The molecule has 306 valence electrons. The number of carbonyl (C=O) groups is 1. The zero-order valence-corrected chi connectivity index (χ0v) is 34.7. The van der Waals surface area contributed by atoms with Gasteiger partial charge in [0.05, 0.1) is 18.8 Å². The predicted molar refractivity (Wildman–Crippen MR) is 227 cm³/mol. The van der Waals surface area contributed by atoms with Crippen LogP contribution in [0.2, 0.25) is 0 Å². The second-order valence-corrected chi connectivity index (χ2v) is 15.6. The van der Waals surface area contributed by atoms with Crippen molar-refractivity contribution < 1.29 is 20.1 Å². The molecule has 0 radical (unpaired) electrons. The van der Waals surface area contributed by atoms with Gasteiger partial charge < -0.3 is 20.6 Å². The number of unbranched alkanes of at least 4 members (excludes halogenated alkanes) is 27. The van der Waals surface area contributed by atoms with Gasteiger partial charge in [0.25, 0.3) is 0 Å². The minimum absolute atomic E-state index is 0.160. The molecule has 0 aliphatic carbocycles. The number of hydrogen-bond acceptors (Lipinski definition) is 4. The highest BCUT2D eigenvalue weighted by Gasteiger charge is 2.26. The molecule has 0 saturated heterocycles. The molecule has 52 heavy (non-hydrogen) atoms. The Labute approximate surface area is 324 Å². The molecule has 5 heteroatoms. The number of carbonyl (C=O) groups excluding carboxylic acids is 1. The maximum absolute atomic E-state index is 12.4. The lowest BCUT2D eigenvalue weighted by Crippen LogP contribution is -2.50. The Hall–Kier alpha value is -1.43. The van der Waals surface area contributed by atoms with E-state index in [9.17, 15) is 20.1 Å². The quantitative estimate of drug-likeness (QED) is 0.0372. The lowest BCUT2D eigenvalue weighted by Gasteiger charge is -2.26. The van der Waals surface area contributed by atoms with E-state index in [0.29, 0.717) is 12.8 Å². The summed E-state index contributed by atoms with van der Waals surface area (Å²) in [5.41, 5.74) is 0. The van der Waals surface area contributed by atoms with Crippen LogP contribution in [-0.2, 0) is 4.79 Å². The molecule has 0 saturated carbocycles. The van der Waals surface area contributed by atoms with Crippen LogP contribution in [0.15, 0.2) is 36.5 Å². The molecule has 0 aromatic carbocycles. The summed E-state index contributed by atoms with van der Waals surface area (Å²) in [5, 5.41) is 33.4. The van der Waals surface area contributed by atoms with Gasteiger partial charge in [-0.2, -0.15) is 0 Å². The molecule has 3 atom stereocenters. The summed E-state index contributed by atoms with van der Waals surface area (Å²) in [4.78, 5) is 12.4. The van der Waals surface area contributed by atoms with E-state index >= 15 is 0 Å². The van der Waals surface area contributed by atoms with Crippen LogP contribution in [0.1, 0.15) is 232 Å². The summed E-state index contributed by atoms with van der Waals surface area (Å²) in [6.07, 6.45) is 52.8. The first-order valence-electron chi connectivity index (χ1n) is 22.8. The number of amides is 1. The van der Waals surface area contributed by atoms with Gasteiger partial charge in [0.1, 0.15) is 6.10 Å². The standard InChI is InChI=1S/C47H89NO4/c1-3-5-7-9-11-13-15-16-17-18-19-20-21-22-23-24-25-26-27-28-29-30-32-34-36-38-40-42-46(51)48-44(43-49)47(52)45(50)41-39-37-35-33-31-14-12-10-8-6-4-2/h10,12,22-23,33,35,44-45,47,49-50,52H,3-9,11,13-21,24-32,34,36-43H2,1-2H3,(H,48,51)/b12-10+,23-22-,35-33+. The first-order chi connectivity index (χ1) is 25.6. The molecule has 0 bridgehead atoms. The summed E-state index contributed by atoms with van der Waals surface area (Å²) >= 11 is 0. The summed E-state index contributed by atoms with van der Waals surface area (Å²) in [5.74, 6) is -0.160. The zero-order chi connectivity index (χ0) is 38.0. The van der Waals surface area contributed by atoms with Crippen molar-refractivity contribution in [2.24, 2.45) is 0 Å². The van der Waals surface area contributed by atoms with Gasteiger partial charge in [-0.15, -0.1) is 0 Å². The average Bonchev–Trinajstić information content (AvgIpc) is 3.15. The van der Waals surface area contributed by atoms with E-state index in [4.69, 9.17) is 0 Å². The van der Waals surface area contributed by atoms with E-state index in [0.717, 1.165) is 51.4 Å². The Bertz CT molecular complexity index is 809. The molecular weight excluding hydrogens is 643 g/mol. The van der Waals surface area contributed by atoms with Crippen LogP contribution in [-0.4, -0.2) is 46.1 Å². The fourth-order valence-corrected chi connectivity index (χ4v) is 6.87. The first-order valence-corrected chi connectivity index (χ1v) is 22.8. The van der Waals surface area contributed by atoms with E-state index in [1.165, 1.54) is 154 Å². The van der Waals surface area contributed by atoms with Crippen LogP contribution in [0.3, 0.4) is 0 Å². The summed E-state index contributed by atoms with van der Waals surface area (Å²) < 4.78 is 0. The van der Waals surface area contributed by atoms with Gasteiger partial charge >= 0.3 is 0 Å². The van der Waals surface area contributed by atoms with Crippen LogP contribution in [0, 0.1) is 0 Å². The van der Waals surface area contributed by atoms with E-state index in [-0.39, 0.29) is 12.5 Å². The molecular formula is C47H89NO4. The second-order valence-electron chi connectivity index (χ2n) is 15.6. The van der Waals surface area contributed by atoms with Crippen molar-refractivity contribution in [1.29, 1.82) is 0 Å². The van der Waals surface area contributed by atoms with Crippen molar-refractivity contribution >= 4 is 5.91 Å². The lowest BCUT2D eigenvalue weighted by molar-refractivity contribution is -0.124. The highest BCUT2D eigenvalue weighted by atomic mass is 16.3. The van der Waals surface area contributed by atoms with Crippen molar-refractivity contribution in [3.63, 3.8) is 0 Å². The third-order valence-corrected chi connectivity index (χ3v) is 10.4. The molecule has 0 rings (SSSR count). The molecule has 4 N–H and O–H groups in total. The fourth-order valence-electron chi connectivity index (χ4n) is 6.87. The highest BCUT2D eigenvalue weighted by Crippen LogP contribution is 2.15. The fraction of sp³-hybridized carbons (Fsp3) is 0.851. The minimum atomic E-state index is -1.16. The normalized spacial score (nSPS) is 13.9. The molecule has 0 fully saturated rings. The number of rotatable bonds is 41. The Kier molecular flexibility index (Phi) is 41.1. The van der Waals surface area contributed by atoms with Crippen LogP contribution in [0.4, 0.5) is 0 Å². The second kappa shape index (κ2) is 42.3. The molecule has 0 aromatic rings. The van der Waals surface area contributed by atoms with Gasteiger partial charge in [0, 0.05) is 6.42 Å². The average molecular weight is 732 g/mol. The van der Waals surface area contributed by atoms with Crippen LogP contribution < -0.4 is 5.32 Å². The van der Waals surface area contributed by atoms with Crippen molar-refractivity contribution in [3.8, 4) is 0 Å². The van der Waals surface area contributed by atoms with Crippen LogP contribution >= 0.6 is 0 Å². The van der Waals surface area contributed by atoms with E-state index in [2.05, 4.69) is 55.6 Å². The number of allylic oxidation sites excluding steroid dienone is 6. The minimum Gasteiger partial charge on any atom is -0.394 e. The molecule has 0 heterocycles. The van der Waals surface area contributed by atoms with Crippen LogP contribution in [0.5, 0.6) is 0 Å². The molecule has 5 nitrogen and oxygen atoms in total. The van der Waals surface area contributed by atoms with Gasteiger partial charge in [0.2, 0.25) is 5.91 Å². The maximum atomic E-state index is 12.4. The monoisotopic (exact) mass is 732 g/mol. The number of hydrogen-bond donors (Lipinski definition) is 4. The summed E-state index contributed by atoms with van der Waals surface area (Å²) in [7, 11) is 0. The summed E-state index contributed by atoms with van der Waals surface area (Å²) in [6, 6.07) is -0.831. The molecule has 1 amide bonds. The Morgan fingerprint density at radius 2 is 0.808 bits per heavy atom. The van der Waals surface area contributed by atoms with Crippen LogP contribution in [0.25, 0.3) is 0 Å². The van der Waals surface area contributed by atoms with E-state index in [1.807, 2.05) is 0 Å². The molecule has 3 unspecified atom stereocenters. The van der Waals surface area contributed by atoms with Gasteiger partial charge in [-0.1, -0.05) is 192 Å². The maximum Gasteiger partial charge on any atom is 0.220 e. The Morgan fingerprint density at radius 3 is 1.23 bits per heavy atom. The first kappa shape index (κ1) is 50.6. The van der Waals surface area contributed by atoms with Crippen molar-refractivity contribution in [2.45, 2.75) is 250 Å². The third-order valence-electron chi connectivity index (χ3n) is 10.4. The number of aliphatic hydroxyl groups is 3. The molecule has 0 aliphatic rings. The van der Waals surface area contributed by atoms with Crippen molar-refractivity contribution in [3.05, 3.63) is 36.5 Å². The zero-order valence-electron chi connectivity index (χ0n) is 34.7. The van der Waals surface area contributed by atoms with E-state index < -0.39 is 18.2 Å². The highest BCUT2D eigenvalue weighted by molar-refractivity contribution is 5.76. The smallest absolute Gasteiger partial charge is 0.220 e. The lowest BCUT2D eigenvalue weighted by atomic mass is 10.0. The Morgan fingerprint density at radius 1 is 0.462 bits per heavy atom. The number of aliphatic hydroxyl groups excluding tert-OH is 3. The Balaban J connectivity index is 3.57. The SMILES string of the molecule is CCCC/C=C/CC/C=C/CCCC(O)C(O)C(CO)NC(=O)CCCCCCCCCCCCC/C=C\CCCCCCCCCCCCCC. The van der Waals surface area contributed by atoms with Crippen molar-refractivity contribution in [2.75, 3.05) is 6.61 Å². The van der Waals surface area contributed by atoms with Gasteiger partial charge in [-0.05, 0) is 70.6 Å². The molecule has 0 spiro atoms. The summed E-state index contributed by atoms with van der Waals surface area (Å²) in [6.45, 7) is 4.11. The van der Waals surface area contributed by atoms with Gasteiger partial charge in [0.15, 0.2) is 0 Å². The predicted octanol–water partition coefficient (Wildman–Crippen LogP) is 13.2. The molecule has 0 aromatic heterocycles. The van der Waals surface area contributed by atoms with Crippen molar-refractivity contribution in [1.82, 2.24) is 5.32 Å². The topological polar surface area (TPSA) is 89.8 Å². The van der Waals surface area contributed by atoms with Gasteiger partial charge in [-0.3, -0.25) is 4.79 Å². The third kappa shape index (κ3) is 36.9. The molecule has 0 aliphatic heterocycles. The van der Waals surface area contributed by atoms with Gasteiger partial charge in [-0.25, -0.2) is 0 Å². The number of nitrogens with one attached hydrogen (secondary N) is 1. The largest absolute Gasteiger partial charge is 0.394 e.